The van der Waals surface area contributed by atoms with Crippen LogP contribution in [0, 0.1) is 0 Å². The first-order valence-corrected chi connectivity index (χ1v) is 6.25. The summed E-state index contributed by atoms with van der Waals surface area (Å²) in [6, 6.07) is 0. The highest BCUT2D eigenvalue weighted by Crippen LogP contribution is 2.22. The van der Waals surface area contributed by atoms with Crippen molar-refractivity contribution >= 4 is 5.78 Å². The van der Waals surface area contributed by atoms with Crippen LogP contribution in [0.5, 0.6) is 0 Å². The van der Waals surface area contributed by atoms with Crippen molar-refractivity contribution < 1.29 is 50.0 Å². The number of hydrogen-bond donors (Lipinski definition) is 7. The molecule has 1 aliphatic rings. The maximum absolute atomic E-state index is 11.5. The summed E-state index contributed by atoms with van der Waals surface area (Å²) in [5, 5.41) is 64.3. The smallest absolute Gasteiger partial charge is 0.189 e. The molecule has 21 heavy (non-hydrogen) atoms. The van der Waals surface area contributed by atoms with Crippen molar-refractivity contribution in [1.82, 2.24) is 0 Å². The van der Waals surface area contributed by atoms with E-state index >= 15 is 0 Å². The van der Waals surface area contributed by atoms with E-state index in [0.29, 0.717) is 0 Å². The minimum atomic E-state index is -2.00. The molecule has 0 spiro atoms. The van der Waals surface area contributed by atoms with Crippen molar-refractivity contribution in [1.29, 1.82) is 0 Å². The summed E-state index contributed by atoms with van der Waals surface area (Å²) in [6.07, 6.45) is -10.9. The third-order valence-corrected chi connectivity index (χ3v) is 3.12. The molecular weight excluding hydrogens is 292 g/mol. The number of Topliss-reactive ketones (excluding diaryl/α,β-unsaturated/α-hetero) is 1. The van der Waals surface area contributed by atoms with Gasteiger partial charge in [0, 0.05) is 0 Å². The van der Waals surface area contributed by atoms with E-state index in [-0.39, 0.29) is 0 Å². The van der Waals surface area contributed by atoms with Crippen LogP contribution in [-0.2, 0) is 14.3 Å². The maximum Gasteiger partial charge on any atom is 0.189 e. The van der Waals surface area contributed by atoms with Crippen LogP contribution >= 0.6 is 0 Å². The molecule has 1 aliphatic heterocycles. The zero-order chi connectivity index (χ0) is 16.2. The van der Waals surface area contributed by atoms with Crippen molar-refractivity contribution in [3.63, 3.8) is 0 Å². The van der Waals surface area contributed by atoms with E-state index in [1.165, 1.54) is 0 Å². The molecule has 1 saturated heterocycles. The minimum absolute atomic E-state index is 0.559. The summed E-state index contributed by atoms with van der Waals surface area (Å²) in [5.74, 6) is -1.02. The van der Waals surface area contributed by atoms with E-state index in [4.69, 9.17) is 24.8 Å². The van der Waals surface area contributed by atoms with E-state index in [1.807, 2.05) is 0 Å². The molecular formula is C11H20O10. The Morgan fingerprint density at radius 2 is 1.76 bits per heavy atom. The lowest BCUT2D eigenvalue weighted by Crippen LogP contribution is -2.45. The normalized spacial score (nSPS) is 33.7. The second kappa shape index (κ2) is 8.08. The molecule has 0 aromatic rings. The van der Waals surface area contributed by atoms with Crippen LogP contribution in [0.1, 0.15) is 0 Å². The lowest BCUT2D eigenvalue weighted by Gasteiger charge is -2.21. The predicted molar refractivity (Wildman–Crippen MR) is 63.8 cm³/mol. The third kappa shape index (κ3) is 4.39. The van der Waals surface area contributed by atoms with Crippen molar-refractivity contribution in [2.75, 3.05) is 19.8 Å². The molecule has 10 nitrogen and oxygen atoms in total. The second-order valence-electron chi connectivity index (χ2n) is 4.67. The number of aliphatic hydroxyl groups excluding tert-OH is 7. The van der Waals surface area contributed by atoms with E-state index < -0.39 is 68.5 Å². The second-order valence-corrected chi connectivity index (χ2v) is 4.67. The van der Waals surface area contributed by atoms with Gasteiger partial charge in [-0.2, -0.15) is 0 Å². The van der Waals surface area contributed by atoms with Crippen LogP contribution in [0.25, 0.3) is 0 Å². The van der Waals surface area contributed by atoms with Crippen LogP contribution in [0.2, 0.25) is 0 Å². The topological polar surface area (TPSA) is 177 Å². The number of hydrogen-bond acceptors (Lipinski definition) is 10. The molecule has 0 aromatic heterocycles. The molecule has 1 rings (SSSR count). The largest absolute Gasteiger partial charge is 0.394 e. The summed E-state index contributed by atoms with van der Waals surface area (Å²) in [5.41, 5.74) is 0. The van der Waals surface area contributed by atoms with Crippen molar-refractivity contribution in [2.24, 2.45) is 0 Å². The van der Waals surface area contributed by atoms with Gasteiger partial charge in [-0.1, -0.05) is 0 Å². The average Bonchev–Trinajstić information content (AvgIpc) is 2.77. The highest BCUT2D eigenvalue weighted by molar-refractivity contribution is 5.84. The van der Waals surface area contributed by atoms with E-state index in [9.17, 15) is 25.2 Å². The summed E-state index contributed by atoms with van der Waals surface area (Å²) >= 11 is 0. The quantitative estimate of drug-likeness (QED) is 0.230. The molecule has 0 aliphatic carbocycles. The van der Waals surface area contributed by atoms with Gasteiger partial charge in [0.25, 0.3) is 0 Å². The average molecular weight is 312 g/mol. The number of aliphatic hydroxyl groups is 7. The Morgan fingerprint density at radius 1 is 1.14 bits per heavy atom. The molecule has 124 valence electrons. The van der Waals surface area contributed by atoms with Gasteiger partial charge in [-0.05, 0) is 0 Å². The van der Waals surface area contributed by atoms with Crippen LogP contribution in [0.3, 0.4) is 0 Å². The highest BCUT2D eigenvalue weighted by atomic mass is 16.7. The monoisotopic (exact) mass is 312 g/mol. The molecule has 0 amide bonds. The van der Waals surface area contributed by atoms with Gasteiger partial charge in [0.05, 0.1) is 13.2 Å². The molecule has 0 unspecified atom stereocenters. The van der Waals surface area contributed by atoms with E-state index in [2.05, 4.69) is 0 Å². The Hall–Kier alpha value is -0.690. The number of carbonyl (C=O) groups is 1. The molecule has 0 radical (unpaired) electrons. The molecule has 1 fully saturated rings. The van der Waals surface area contributed by atoms with Gasteiger partial charge in [-0.25, -0.2) is 0 Å². The molecule has 10 heteroatoms. The lowest BCUT2D eigenvalue weighted by atomic mass is 10.1. The number of carbonyl (C=O) groups excluding carboxylic acids is 1. The summed E-state index contributed by atoms with van der Waals surface area (Å²) in [4.78, 5) is 11.5. The van der Waals surface area contributed by atoms with Gasteiger partial charge in [0.2, 0.25) is 0 Å². The molecule has 7 atom stereocenters. The van der Waals surface area contributed by atoms with Gasteiger partial charge < -0.3 is 45.2 Å². The van der Waals surface area contributed by atoms with E-state index in [0.717, 1.165) is 0 Å². The molecule has 0 aromatic carbocycles. The predicted octanol–water partition coefficient (Wildman–Crippen LogP) is -4.91. The van der Waals surface area contributed by atoms with Crippen molar-refractivity contribution in [2.45, 2.75) is 42.9 Å². The fourth-order valence-corrected chi connectivity index (χ4v) is 1.76. The van der Waals surface area contributed by atoms with Crippen LogP contribution in [0.4, 0.5) is 0 Å². The SMILES string of the molecule is O=C(CO[C@@H]1O[C@H](CO)[C@@H](O)[C@@H]1O)[C@@H](O)[C@H](O)[C@H](O)CO. The fraction of sp³-hybridized carbons (Fsp3) is 0.909. The molecule has 1 heterocycles. The number of ether oxygens (including phenoxy) is 2. The van der Waals surface area contributed by atoms with Crippen LogP contribution in [-0.4, -0.2) is 104 Å². The van der Waals surface area contributed by atoms with Crippen LogP contribution < -0.4 is 0 Å². The third-order valence-electron chi connectivity index (χ3n) is 3.12. The van der Waals surface area contributed by atoms with Crippen molar-refractivity contribution in [3.05, 3.63) is 0 Å². The van der Waals surface area contributed by atoms with E-state index in [1.54, 1.807) is 0 Å². The fourth-order valence-electron chi connectivity index (χ4n) is 1.76. The Labute approximate surface area is 119 Å². The zero-order valence-electron chi connectivity index (χ0n) is 11.0. The number of rotatable bonds is 8. The first kappa shape index (κ1) is 18.4. The first-order chi connectivity index (χ1) is 9.83. The Balaban J connectivity index is 2.46. The van der Waals surface area contributed by atoms with Gasteiger partial charge in [-0.15, -0.1) is 0 Å². The molecule has 0 saturated carbocycles. The van der Waals surface area contributed by atoms with Gasteiger partial charge in [-0.3, -0.25) is 4.79 Å². The van der Waals surface area contributed by atoms with Gasteiger partial charge in [0.15, 0.2) is 12.1 Å². The standard InChI is InChI=1S/C11H20O10/c12-1-4(14)7(16)8(17)5(15)3-20-11-10(19)9(18)6(2-13)21-11/h4,6-14,16-19H,1-3H2/t4-,6-,7-,8-,9-,10+,11-/m1/s1. The first-order valence-electron chi connectivity index (χ1n) is 6.25. The summed E-state index contributed by atoms with van der Waals surface area (Å²) < 4.78 is 9.79. The van der Waals surface area contributed by atoms with Gasteiger partial charge in [0.1, 0.15) is 43.2 Å². The van der Waals surface area contributed by atoms with Crippen molar-refractivity contribution in [3.8, 4) is 0 Å². The summed E-state index contributed by atoms with van der Waals surface area (Å²) in [6.45, 7) is -2.18. The molecule has 0 bridgehead atoms. The molecule has 7 N–H and O–H groups in total. The lowest BCUT2D eigenvalue weighted by molar-refractivity contribution is -0.181. The Morgan fingerprint density at radius 3 is 2.24 bits per heavy atom. The minimum Gasteiger partial charge on any atom is -0.394 e. The highest BCUT2D eigenvalue weighted by Gasteiger charge is 2.43. The Bertz CT molecular complexity index is 337. The zero-order valence-corrected chi connectivity index (χ0v) is 11.0. The summed E-state index contributed by atoms with van der Waals surface area (Å²) in [7, 11) is 0. The number of ketones is 1. The maximum atomic E-state index is 11.5. The van der Waals surface area contributed by atoms with Gasteiger partial charge >= 0.3 is 0 Å². The van der Waals surface area contributed by atoms with Crippen LogP contribution in [0.15, 0.2) is 0 Å². The Kier molecular flexibility index (Phi) is 7.06.